The fourth-order valence-electron chi connectivity index (χ4n) is 2.24. The van der Waals surface area contributed by atoms with Crippen molar-refractivity contribution in [1.29, 1.82) is 10.5 Å². The Kier molecular flexibility index (Phi) is 8.01. The van der Waals surface area contributed by atoms with Gasteiger partial charge in [-0.05, 0) is 36.4 Å². The first-order valence-corrected chi connectivity index (χ1v) is 7.52. The van der Waals surface area contributed by atoms with Gasteiger partial charge in [-0.3, -0.25) is 0 Å². The van der Waals surface area contributed by atoms with Crippen LogP contribution in [0, 0.1) is 34.3 Å². The standard InChI is InChI=1S/C11H11FN2O.C7H5FN2.CH4/c12-10-2-1-9(8-13)7-11(10)14-3-5-15-6-4-14;8-6-2-1-5(4-9)3-7(6)10;/h1-2,7H,3-6H2;1-3H,10H2;1H4. The zero-order valence-corrected chi connectivity index (χ0v) is 13.4. The molecule has 1 fully saturated rings. The van der Waals surface area contributed by atoms with E-state index in [1.54, 1.807) is 6.07 Å². The molecule has 5 nitrogen and oxygen atoms in total. The van der Waals surface area contributed by atoms with Gasteiger partial charge in [0.1, 0.15) is 11.6 Å². The molecule has 0 unspecified atom stereocenters. The minimum absolute atomic E-state index is 0. The number of ether oxygens (including phenoxy) is 1. The second-order valence-corrected chi connectivity index (χ2v) is 5.23. The highest BCUT2D eigenvalue weighted by atomic mass is 19.1. The van der Waals surface area contributed by atoms with Crippen molar-refractivity contribution in [2.45, 2.75) is 7.43 Å². The molecule has 2 aromatic carbocycles. The molecule has 0 aliphatic carbocycles. The van der Waals surface area contributed by atoms with Crippen molar-refractivity contribution in [1.82, 2.24) is 0 Å². The van der Waals surface area contributed by atoms with E-state index >= 15 is 0 Å². The number of benzene rings is 2. The Hall–Kier alpha value is -3.16. The molecule has 26 heavy (non-hydrogen) atoms. The SMILES string of the molecule is C.N#Cc1ccc(F)c(N)c1.N#Cc1ccc(F)c(N2CCOCC2)c1. The molecule has 1 saturated heterocycles. The van der Waals surface area contributed by atoms with Crippen LogP contribution in [0.25, 0.3) is 0 Å². The van der Waals surface area contributed by atoms with Gasteiger partial charge < -0.3 is 15.4 Å². The third kappa shape index (κ3) is 5.44. The molecule has 2 aromatic rings. The van der Waals surface area contributed by atoms with Crippen molar-refractivity contribution in [2.24, 2.45) is 0 Å². The van der Waals surface area contributed by atoms with E-state index in [-0.39, 0.29) is 18.9 Å². The number of nitrogens with two attached hydrogens (primary N) is 1. The van der Waals surface area contributed by atoms with E-state index < -0.39 is 5.82 Å². The maximum atomic E-state index is 13.5. The van der Waals surface area contributed by atoms with E-state index in [9.17, 15) is 8.78 Å². The minimum Gasteiger partial charge on any atom is -0.396 e. The highest BCUT2D eigenvalue weighted by Crippen LogP contribution is 2.21. The number of anilines is 2. The van der Waals surface area contributed by atoms with Crippen molar-refractivity contribution < 1.29 is 13.5 Å². The molecular weight excluding hydrogens is 338 g/mol. The molecule has 0 amide bonds. The lowest BCUT2D eigenvalue weighted by Crippen LogP contribution is -2.36. The quantitative estimate of drug-likeness (QED) is 0.789. The molecule has 0 spiro atoms. The summed E-state index contributed by atoms with van der Waals surface area (Å²) in [7, 11) is 0. The Morgan fingerprint density at radius 3 is 2.00 bits per heavy atom. The maximum absolute atomic E-state index is 13.5. The van der Waals surface area contributed by atoms with Crippen LogP contribution in [0.3, 0.4) is 0 Å². The molecule has 1 heterocycles. The summed E-state index contributed by atoms with van der Waals surface area (Å²) in [5.41, 5.74) is 6.54. The van der Waals surface area contributed by atoms with Crippen LogP contribution in [0.2, 0.25) is 0 Å². The summed E-state index contributed by atoms with van der Waals surface area (Å²) in [6, 6.07) is 12.1. The molecular formula is C19H20F2N4O. The first-order chi connectivity index (χ1) is 12.0. The van der Waals surface area contributed by atoms with Gasteiger partial charge >= 0.3 is 0 Å². The normalized spacial score (nSPS) is 12.7. The zero-order chi connectivity index (χ0) is 18.2. The number of hydrogen-bond donors (Lipinski definition) is 1. The van der Waals surface area contributed by atoms with Gasteiger partial charge in [0.25, 0.3) is 0 Å². The van der Waals surface area contributed by atoms with Crippen LogP contribution in [0.4, 0.5) is 20.2 Å². The van der Waals surface area contributed by atoms with Gasteiger partial charge in [0.2, 0.25) is 0 Å². The van der Waals surface area contributed by atoms with Crippen LogP contribution in [-0.2, 0) is 4.74 Å². The monoisotopic (exact) mass is 358 g/mol. The topological polar surface area (TPSA) is 86.1 Å². The molecule has 7 heteroatoms. The van der Waals surface area contributed by atoms with Crippen LogP contribution in [-0.4, -0.2) is 26.3 Å². The number of rotatable bonds is 1. The summed E-state index contributed by atoms with van der Waals surface area (Å²) in [5, 5.41) is 17.1. The molecule has 0 aromatic heterocycles. The summed E-state index contributed by atoms with van der Waals surface area (Å²) >= 11 is 0. The molecule has 0 atom stereocenters. The Morgan fingerprint density at radius 1 is 0.923 bits per heavy atom. The smallest absolute Gasteiger partial charge is 0.146 e. The molecule has 1 aliphatic heterocycles. The highest BCUT2D eigenvalue weighted by molar-refractivity contribution is 5.53. The third-order valence-electron chi connectivity index (χ3n) is 3.55. The second-order valence-electron chi connectivity index (χ2n) is 5.23. The molecule has 0 bridgehead atoms. The minimum atomic E-state index is -0.487. The number of morpholine rings is 1. The highest BCUT2D eigenvalue weighted by Gasteiger charge is 2.15. The maximum Gasteiger partial charge on any atom is 0.146 e. The van der Waals surface area contributed by atoms with Crippen LogP contribution >= 0.6 is 0 Å². The summed E-state index contributed by atoms with van der Waals surface area (Å²) in [5.74, 6) is -0.769. The number of halogens is 2. The van der Waals surface area contributed by atoms with Crippen molar-refractivity contribution in [3.05, 3.63) is 59.2 Å². The van der Waals surface area contributed by atoms with Crippen molar-refractivity contribution >= 4 is 11.4 Å². The van der Waals surface area contributed by atoms with Crippen molar-refractivity contribution in [3.63, 3.8) is 0 Å². The summed E-state index contributed by atoms with van der Waals surface area (Å²) < 4.78 is 31.1. The van der Waals surface area contributed by atoms with Gasteiger partial charge in [-0.15, -0.1) is 0 Å². The Labute approximate surface area is 151 Å². The average molecular weight is 358 g/mol. The fraction of sp³-hybridized carbons (Fsp3) is 0.263. The van der Waals surface area contributed by atoms with E-state index in [0.717, 1.165) is 0 Å². The van der Waals surface area contributed by atoms with Crippen molar-refractivity contribution in [3.8, 4) is 12.1 Å². The fourth-order valence-corrected chi connectivity index (χ4v) is 2.24. The third-order valence-corrected chi connectivity index (χ3v) is 3.55. The van der Waals surface area contributed by atoms with Gasteiger partial charge in [0.15, 0.2) is 0 Å². The molecule has 0 radical (unpaired) electrons. The van der Waals surface area contributed by atoms with Crippen LogP contribution in [0.15, 0.2) is 36.4 Å². The van der Waals surface area contributed by atoms with Crippen LogP contribution < -0.4 is 10.6 Å². The zero-order valence-electron chi connectivity index (χ0n) is 13.4. The van der Waals surface area contributed by atoms with Gasteiger partial charge in [-0.2, -0.15) is 10.5 Å². The van der Waals surface area contributed by atoms with E-state index in [1.807, 2.05) is 17.0 Å². The summed E-state index contributed by atoms with van der Waals surface area (Å²) in [6.45, 7) is 2.56. The number of hydrogen-bond acceptors (Lipinski definition) is 5. The first kappa shape index (κ1) is 20.9. The Balaban J connectivity index is 0.000000270. The molecule has 0 saturated carbocycles. The molecule has 3 rings (SSSR count). The lowest BCUT2D eigenvalue weighted by atomic mass is 10.2. The second kappa shape index (κ2) is 9.97. The molecule has 1 aliphatic rings. The average Bonchev–Trinajstić information content (AvgIpc) is 2.65. The number of nitrogens with zero attached hydrogens (tertiary/aromatic N) is 3. The summed E-state index contributed by atoms with van der Waals surface area (Å²) in [6.07, 6.45) is 0. The summed E-state index contributed by atoms with van der Waals surface area (Å²) in [4.78, 5) is 1.90. The first-order valence-electron chi connectivity index (χ1n) is 7.52. The lowest BCUT2D eigenvalue weighted by Gasteiger charge is -2.29. The van der Waals surface area contributed by atoms with E-state index in [1.165, 1.54) is 30.3 Å². The largest absolute Gasteiger partial charge is 0.396 e. The van der Waals surface area contributed by atoms with Crippen molar-refractivity contribution in [2.75, 3.05) is 36.9 Å². The van der Waals surface area contributed by atoms with Gasteiger partial charge in [-0.1, -0.05) is 7.43 Å². The van der Waals surface area contributed by atoms with E-state index in [2.05, 4.69) is 0 Å². The number of nitrogen functional groups attached to an aromatic ring is 1. The van der Waals surface area contributed by atoms with Gasteiger partial charge in [0, 0.05) is 13.1 Å². The Bertz CT molecular complexity index is 821. The van der Waals surface area contributed by atoms with E-state index in [0.29, 0.717) is 43.1 Å². The predicted molar refractivity (Wildman–Crippen MR) is 96.4 cm³/mol. The molecule has 136 valence electrons. The molecule has 2 N–H and O–H groups in total. The predicted octanol–water partition coefficient (Wildman–Crippen LogP) is 3.45. The van der Waals surface area contributed by atoms with Gasteiger partial charge in [-0.25, -0.2) is 8.78 Å². The number of nitriles is 2. The van der Waals surface area contributed by atoms with Crippen LogP contribution in [0.1, 0.15) is 18.6 Å². The Morgan fingerprint density at radius 2 is 1.46 bits per heavy atom. The lowest BCUT2D eigenvalue weighted by molar-refractivity contribution is 0.122. The van der Waals surface area contributed by atoms with E-state index in [4.69, 9.17) is 21.0 Å². The van der Waals surface area contributed by atoms with Crippen LogP contribution in [0.5, 0.6) is 0 Å². The van der Waals surface area contributed by atoms with Gasteiger partial charge in [0.05, 0.1) is 47.9 Å².